The molecule has 3 nitrogen and oxygen atoms in total. The van der Waals surface area contributed by atoms with E-state index in [4.69, 9.17) is 0 Å². The maximum atomic E-state index is 12.1. The SMILES string of the molecule is Cc1cc2nc3ccccc3cc2c(=O)n1C. The molecule has 1 aromatic carbocycles. The summed E-state index contributed by atoms with van der Waals surface area (Å²) in [5.41, 5.74) is 2.63. The Morgan fingerprint density at radius 1 is 1.12 bits per heavy atom. The molecule has 0 radical (unpaired) electrons. The third kappa shape index (κ3) is 1.43. The van der Waals surface area contributed by atoms with Gasteiger partial charge in [0, 0.05) is 18.1 Å². The zero-order valence-corrected chi connectivity index (χ0v) is 9.77. The minimum absolute atomic E-state index is 0.0123. The van der Waals surface area contributed by atoms with Gasteiger partial charge in [-0.15, -0.1) is 0 Å². The topological polar surface area (TPSA) is 34.9 Å². The van der Waals surface area contributed by atoms with E-state index in [1.165, 1.54) is 0 Å². The zero-order valence-electron chi connectivity index (χ0n) is 9.77. The molecular formula is C14H12N2O. The van der Waals surface area contributed by atoms with Crippen LogP contribution in [0.3, 0.4) is 0 Å². The van der Waals surface area contributed by atoms with Crippen LogP contribution in [0.25, 0.3) is 21.8 Å². The second-order valence-corrected chi connectivity index (χ2v) is 4.26. The molecule has 0 atom stereocenters. The number of fused-ring (bicyclic) bond motifs is 2. The van der Waals surface area contributed by atoms with Gasteiger partial charge in [0.2, 0.25) is 0 Å². The molecule has 84 valence electrons. The van der Waals surface area contributed by atoms with E-state index < -0.39 is 0 Å². The van der Waals surface area contributed by atoms with Crippen molar-refractivity contribution in [2.75, 3.05) is 0 Å². The maximum absolute atomic E-state index is 12.1. The van der Waals surface area contributed by atoms with Crippen molar-refractivity contribution in [1.29, 1.82) is 0 Å². The molecule has 0 amide bonds. The first-order valence-electron chi connectivity index (χ1n) is 5.53. The predicted molar refractivity (Wildman–Crippen MR) is 69.2 cm³/mol. The minimum Gasteiger partial charge on any atom is -0.315 e. The highest BCUT2D eigenvalue weighted by molar-refractivity contribution is 5.92. The van der Waals surface area contributed by atoms with Crippen molar-refractivity contribution in [3.8, 4) is 0 Å². The van der Waals surface area contributed by atoms with Crippen LogP contribution in [0.2, 0.25) is 0 Å². The fourth-order valence-corrected chi connectivity index (χ4v) is 2.05. The fourth-order valence-electron chi connectivity index (χ4n) is 2.05. The van der Waals surface area contributed by atoms with Crippen molar-refractivity contribution in [2.24, 2.45) is 7.05 Å². The van der Waals surface area contributed by atoms with Gasteiger partial charge in [-0.05, 0) is 25.1 Å². The summed E-state index contributed by atoms with van der Waals surface area (Å²) in [7, 11) is 1.78. The minimum atomic E-state index is 0.0123. The number of hydrogen-bond acceptors (Lipinski definition) is 2. The molecular weight excluding hydrogens is 212 g/mol. The van der Waals surface area contributed by atoms with Crippen LogP contribution in [-0.2, 0) is 7.05 Å². The molecule has 0 N–H and O–H groups in total. The molecule has 2 heterocycles. The molecule has 0 saturated heterocycles. The molecule has 2 aromatic heterocycles. The Morgan fingerprint density at radius 2 is 1.88 bits per heavy atom. The van der Waals surface area contributed by atoms with E-state index in [1.54, 1.807) is 11.6 Å². The Labute approximate surface area is 98.3 Å². The zero-order chi connectivity index (χ0) is 12.0. The average molecular weight is 224 g/mol. The normalized spacial score (nSPS) is 11.2. The van der Waals surface area contributed by atoms with Crippen molar-refractivity contribution in [3.05, 3.63) is 52.4 Å². The smallest absolute Gasteiger partial charge is 0.259 e. The maximum Gasteiger partial charge on any atom is 0.259 e. The molecule has 0 unspecified atom stereocenters. The van der Waals surface area contributed by atoms with E-state index in [2.05, 4.69) is 4.98 Å². The molecule has 3 rings (SSSR count). The molecule has 0 aliphatic carbocycles. The van der Waals surface area contributed by atoms with Gasteiger partial charge in [0.1, 0.15) is 0 Å². The Balaban J connectivity index is 2.57. The van der Waals surface area contributed by atoms with E-state index >= 15 is 0 Å². The highest BCUT2D eigenvalue weighted by Gasteiger charge is 2.06. The van der Waals surface area contributed by atoms with E-state index in [0.29, 0.717) is 5.39 Å². The summed E-state index contributed by atoms with van der Waals surface area (Å²) in [5.74, 6) is 0. The van der Waals surface area contributed by atoms with Crippen molar-refractivity contribution in [1.82, 2.24) is 9.55 Å². The largest absolute Gasteiger partial charge is 0.315 e. The number of aromatic nitrogens is 2. The van der Waals surface area contributed by atoms with Crippen LogP contribution in [0.15, 0.2) is 41.2 Å². The lowest BCUT2D eigenvalue weighted by Gasteiger charge is -2.06. The van der Waals surface area contributed by atoms with Gasteiger partial charge in [-0.25, -0.2) is 4.98 Å². The third-order valence-electron chi connectivity index (χ3n) is 3.16. The van der Waals surface area contributed by atoms with Gasteiger partial charge in [0.15, 0.2) is 0 Å². The molecule has 0 aliphatic heterocycles. The van der Waals surface area contributed by atoms with Crippen LogP contribution in [0.5, 0.6) is 0 Å². The van der Waals surface area contributed by atoms with Crippen molar-refractivity contribution in [3.63, 3.8) is 0 Å². The Hall–Kier alpha value is -2.16. The molecule has 0 fully saturated rings. The first-order chi connectivity index (χ1) is 8.16. The first-order valence-corrected chi connectivity index (χ1v) is 5.53. The van der Waals surface area contributed by atoms with E-state index in [1.807, 2.05) is 43.3 Å². The Morgan fingerprint density at radius 3 is 2.71 bits per heavy atom. The van der Waals surface area contributed by atoms with E-state index in [-0.39, 0.29) is 5.56 Å². The van der Waals surface area contributed by atoms with E-state index in [9.17, 15) is 4.79 Å². The van der Waals surface area contributed by atoms with Gasteiger partial charge in [-0.2, -0.15) is 0 Å². The van der Waals surface area contributed by atoms with Crippen LogP contribution >= 0.6 is 0 Å². The first kappa shape index (κ1) is 10.0. The molecule has 0 spiro atoms. The van der Waals surface area contributed by atoms with Gasteiger partial charge in [-0.1, -0.05) is 18.2 Å². The van der Waals surface area contributed by atoms with Gasteiger partial charge >= 0.3 is 0 Å². The number of benzene rings is 1. The third-order valence-corrected chi connectivity index (χ3v) is 3.16. The molecule has 3 heteroatoms. The summed E-state index contributed by atoms with van der Waals surface area (Å²) in [6.45, 7) is 1.91. The van der Waals surface area contributed by atoms with Crippen LogP contribution in [0.4, 0.5) is 0 Å². The highest BCUT2D eigenvalue weighted by Crippen LogP contribution is 2.17. The van der Waals surface area contributed by atoms with E-state index in [0.717, 1.165) is 22.1 Å². The Kier molecular flexibility index (Phi) is 2.01. The van der Waals surface area contributed by atoms with Crippen molar-refractivity contribution >= 4 is 21.8 Å². The lowest BCUT2D eigenvalue weighted by atomic mass is 10.1. The summed E-state index contributed by atoms with van der Waals surface area (Å²) in [6, 6.07) is 11.7. The molecule has 0 aliphatic rings. The van der Waals surface area contributed by atoms with Crippen LogP contribution in [0, 0.1) is 6.92 Å². The lowest BCUT2D eigenvalue weighted by Crippen LogP contribution is -2.19. The number of pyridine rings is 2. The van der Waals surface area contributed by atoms with Crippen LogP contribution in [0.1, 0.15) is 5.69 Å². The fraction of sp³-hybridized carbons (Fsp3) is 0.143. The van der Waals surface area contributed by atoms with Crippen LogP contribution in [-0.4, -0.2) is 9.55 Å². The Bertz CT molecular complexity index is 787. The second-order valence-electron chi connectivity index (χ2n) is 4.26. The number of nitrogens with zero attached hydrogens (tertiary/aromatic N) is 2. The van der Waals surface area contributed by atoms with Gasteiger partial charge in [-0.3, -0.25) is 4.79 Å². The second kappa shape index (κ2) is 3.42. The summed E-state index contributed by atoms with van der Waals surface area (Å²) >= 11 is 0. The van der Waals surface area contributed by atoms with Gasteiger partial charge in [0.05, 0.1) is 16.4 Å². The summed E-state index contributed by atoms with van der Waals surface area (Å²) in [6.07, 6.45) is 0. The quantitative estimate of drug-likeness (QED) is 0.549. The van der Waals surface area contributed by atoms with Crippen LogP contribution < -0.4 is 5.56 Å². The monoisotopic (exact) mass is 224 g/mol. The standard InChI is InChI=1S/C14H12N2O/c1-9-7-13-11(14(17)16(9)2)8-10-5-3-4-6-12(10)15-13/h3-8H,1-2H3. The van der Waals surface area contributed by atoms with Crippen molar-refractivity contribution < 1.29 is 0 Å². The molecule has 0 bridgehead atoms. The summed E-state index contributed by atoms with van der Waals surface area (Å²) < 4.78 is 1.65. The predicted octanol–water partition coefficient (Wildman–Crippen LogP) is 2.40. The van der Waals surface area contributed by atoms with Gasteiger partial charge < -0.3 is 4.57 Å². The molecule has 17 heavy (non-hydrogen) atoms. The summed E-state index contributed by atoms with van der Waals surface area (Å²) in [5, 5.41) is 1.68. The molecule has 3 aromatic rings. The number of aryl methyl sites for hydroxylation is 1. The number of hydrogen-bond donors (Lipinski definition) is 0. The highest BCUT2D eigenvalue weighted by atomic mass is 16.1. The average Bonchev–Trinajstić information content (AvgIpc) is 2.34. The van der Waals surface area contributed by atoms with Crippen molar-refractivity contribution in [2.45, 2.75) is 6.92 Å². The number of para-hydroxylation sites is 1. The molecule has 0 saturated carbocycles. The van der Waals surface area contributed by atoms with Gasteiger partial charge in [0.25, 0.3) is 5.56 Å². The summed E-state index contributed by atoms with van der Waals surface area (Å²) in [4.78, 5) is 16.6. The lowest BCUT2D eigenvalue weighted by molar-refractivity contribution is 0.829. The number of rotatable bonds is 0.